The Labute approximate surface area is 103 Å². The molecule has 0 aliphatic carbocycles. The Bertz CT molecular complexity index is 358. The quantitative estimate of drug-likeness (QED) is 0.606. The summed E-state index contributed by atoms with van der Waals surface area (Å²) in [4.78, 5) is 4.95. The first-order chi connectivity index (χ1) is 8.53. The van der Waals surface area contributed by atoms with Gasteiger partial charge < -0.3 is 9.47 Å². The molecule has 1 rings (SSSR count). The zero-order valence-corrected chi connectivity index (χ0v) is 9.79. The Morgan fingerprint density at radius 3 is 2.56 bits per heavy atom. The van der Waals surface area contributed by atoms with E-state index in [1.807, 2.05) is 0 Å². The highest BCUT2D eigenvalue weighted by molar-refractivity contribution is 5.33. The highest BCUT2D eigenvalue weighted by Gasteiger charge is 2.31. The summed E-state index contributed by atoms with van der Waals surface area (Å²) in [5, 5.41) is 0. The molecule has 0 aromatic heterocycles. The molecule has 7 heteroatoms. The van der Waals surface area contributed by atoms with Gasteiger partial charge >= 0.3 is 6.36 Å². The van der Waals surface area contributed by atoms with Crippen molar-refractivity contribution in [3.63, 3.8) is 0 Å². The third-order valence-electron chi connectivity index (χ3n) is 1.95. The molecule has 18 heavy (non-hydrogen) atoms. The largest absolute Gasteiger partial charge is 0.573 e. The van der Waals surface area contributed by atoms with Crippen molar-refractivity contribution in [2.75, 3.05) is 20.3 Å². The Balaban J connectivity index is 2.49. The number of para-hydroxylation sites is 1. The lowest BCUT2D eigenvalue weighted by Gasteiger charge is -2.13. The first kappa shape index (κ1) is 14.7. The SMILES string of the molecule is COCCONCc1ccccc1OC(F)(F)F. The minimum atomic E-state index is -4.70. The topological polar surface area (TPSA) is 39.7 Å². The van der Waals surface area contributed by atoms with E-state index in [0.29, 0.717) is 18.8 Å². The number of hydrogen-bond acceptors (Lipinski definition) is 4. The van der Waals surface area contributed by atoms with Gasteiger partial charge in [0.25, 0.3) is 0 Å². The maximum atomic E-state index is 12.1. The molecule has 1 aromatic rings. The zero-order valence-electron chi connectivity index (χ0n) is 9.79. The van der Waals surface area contributed by atoms with Crippen LogP contribution in [0.5, 0.6) is 5.75 Å². The maximum absolute atomic E-state index is 12.1. The minimum absolute atomic E-state index is 0.107. The van der Waals surface area contributed by atoms with Gasteiger partial charge in [0.05, 0.1) is 13.2 Å². The van der Waals surface area contributed by atoms with Gasteiger partial charge in [-0.3, -0.25) is 4.84 Å². The van der Waals surface area contributed by atoms with Crippen LogP contribution in [0.3, 0.4) is 0 Å². The van der Waals surface area contributed by atoms with Gasteiger partial charge in [0.15, 0.2) is 0 Å². The summed E-state index contributed by atoms with van der Waals surface area (Å²) >= 11 is 0. The molecule has 0 aliphatic heterocycles. The Kier molecular flexibility index (Phi) is 5.90. The molecule has 1 N–H and O–H groups in total. The van der Waals surface area contributed by atoms with E-state index in [9.17, 15) is 13.2 Å². The van der Waals surface area contributed by atoms with Crippen molar-refractivity contribution >= 4 is 0 Å². The molecule has 1 aromatic carbocycles. The molecule has 0 heterocycles. The number of nitrogens with one attached hydrogen (secondary N) is 1. The summed E-state index contributed by atoms with van der Waals surface area (Å²) in [5.41, 5.74) is 2.89. The smallest absolute Gasteiger partial charge is 0.405 e. The van der Waals surface area contributed by atoms with E-state index in [1.54, 1.807) is 6.07 Å². The lowest BCUT2D eigenvalue weighted by molar-refractivity contribution is -0.275. The Hall–Kier alpha value is -1.31. The average Bonchev–Trinajstić information content (AvgIpc) is 2.29. The standard InChI is InChI=1S/C11H14F3NO3/c1-16-6-7-17-15-8-9-4-2-3-5-10(9)18-11(12,13)14/h2-5,15H,6-8H2,1H3. The van der Waals surface area contributed by atoms with Gasteiger partial charge in [0.2, 0.25) is 0 Å². The van der Waals surface area contributed by atoms with Crippen molar-refractivity contribution in [1.82, 2.24) is 5.48 Å². The van der Waals surface area contributed by atoms with E-state index < -0.39 is 6.36 Å². The predicted molar refractivity (Wildman–Crippen MR) is 57.8 cm³/mol. The van der Waals surface area contributed by atoms with E-state index >= 15 is 0 Å². The highest BCUT2D eigenvalue weighted by atomic mass is 19.4. The van der Waals surface area contributed by atoms with Gasteiger partial charge in [0, 0.05) is 19.2 Å². The first-order valence-corrected chi connectivity index (χ1v) is 5.20. The number of hydrogen-bond donors (Lipinski definition) is 1. The van der Waals surface area contributed by atoms with E-state index in [0.717, 1.165) is 0 Å². The number of alkyl halides is 3. The number of rotatable bonds is 7. The molecule has 0 unspecified atom stereocenters. The van der Waals surface area contributed by atoms with Gasteiger partial charge in [-0.1, -0.05) is 18.2 Å². The van der Waals surface area contributed by atoms with Crippen LogP contribution >= 0.6 is 0 Å². The van der Waals surface area contributed by atoms with Crippen LogP contribution in [0.15, 0.2) is 24.3 Å². The van der Waals surface area contributed by atoms with Crippen LogP contribution in [-0.4, -0.2) is 26.7 Å². The zero-order chi connectivity index (χ0) is 13.4. The van der Waals surface area contributed by atoms with Crippen molar-refractivity contribution in [2.45, 2.75) is 12.9 Å². The van der Waals surface area contributed by atoms with Gasteiger partial charge in [-0.15, -0.1) is 13.2 Å². The Morgan fingerprint density at radius 1 is 1.17 bits per heavy atom. The monoisotopic (exact) mass is 265 g/mol. The molecule has 0 aliphatic rings. The third-order valence-corrected chi connectivity index (χ3v) is 1.95. The third kappa shape index (κ3) is 5.85. The summed E-state index contributed by atoms with van der Waals surface area (Å²) in [5.74, 6) is -0.243. The van der Waals surface area contributed by atoms with Gasteiger partial charge in [-0.05, 0) is 6.07 Å². The van der Waals surface area contributed by atoms with E-state index in [1.165, 1.54) is 25.3 Å². The summed E-state index contributed by atoms with van der Waals surface area (Å²) < 4.78 is 45.0. The van der Waals surface area contributed by atoms with E-state index in [4.69, 9.17) is 9.57 Å². The second kappa shape index (κ2) is 7.20. The summed E-state index contributed by atoms with van der Waals surface area (Å²) in [6, 6.07) is 5.86. The van der Waals surface area contributed by atoms with Crippen LogP contribution in [0.1, 0.15) is 5.56 Å². The summed E-state index contributed by atoms with van der Waals surface area (Å²) in [6.07, 6.45) is -4.70. The fourth-order valence-electron chi connectivity index (χ4n) is 1.20. The van der Waals surface area contributed by atoms with Crippen molar-refractivity contribution in [1.29, 1.82) is 0 Å². The number of hydroxylamine groups is 1. The molecule has 0 bridgehead atoms. The molecular weight excluding hydrogens is 251 g/mol. The predicted octanol–water partition coefficient (Wildman–Crippen LogP) is 2.25. The number of methoxy groups -OCH3 is 1. The minimum Gasteiger partial charge on any atom is -0.405 e. The second-order valence-electron chi connectivity index (χ2n) is 3.32. The normalized spacial score (nSPS) is 11.6. The lowest BCUT2D eigenvalue weighted by Crippen LogP contribution is -2.21. The molecule has 4 nitrogen and oxygen atoms in total. The number of benzene rings is 1. The van der Waals surface area contributed by atoms with Crippen LogP contribution in [0, 0.1) is 0 Å². The van der Waals surface area contributed by atoms with Gasteiger partial charge in [0.1, 0.15) is 5.75 Å². The molecule has 0 saturated carbocycles. The average molecular weight is 265 g/mol. The van der Waals surface area contributed by atoms with Gasteiger partial charge in [-0.25, -0.2) is 0 Å². The summed E-state index contributed by atoms with van der Waals surface area (Å²) in [6.45, 7) is 0.808. The maximum Gasteiger partial charge on any atom is 0.573 e. The van der Waals surface area contributed by atoms with E-state index in [2.05, 4.69) is 10.2 Å². The first-order valence-electron chi connectivity index (χ1n) is 5.20. The molecule has 0 saturated heterocycles. The molecule has 102 valence electrons. The molecule has 0 radical (unpaired) electrons. The number of halogens is 3. The Morgan fingerprint density at radius 2 is 1.89 bits per heavy atom. The fraction of sp³-hybridized carbons (Fsp3) is 0.455. The van der Waals surface area contributed by atoms with Crippen molar-refractivity contribution < 1.29 is 27.5 Å². The van der Waals surface area contributed by atoms with Crippen LogP contribution in [0.25, 0.3) is 0 Å². The van der Waals surface area contributed by atoms with Crippen LogP contribution < -0.4 is 10.2 Å². The highest BCUT2D eigenvalue weighted by Crippen LogP contribution is 2.25. The van der Waals surface area contributed by atoms with Crippen LogP contribution in [-0.2, 0) is 16.1 Å². The van der Waals surface area contributed by atoms with Crippen molar-refractivity contribution in [2.24, 2.45) is 0 Å². The molecule has 0 amide bonds. The molecular formula is C11H14F3NO3. The number of ether oxygens (including phenoxy) is 2. The van der Waals surface area contributed by atoms with Gasteiger partial charge in [-0.2, -0.15) is 5.48 Å². The molecule has 0 atom stereocenters. The van der Waals surface area contributed by atoms with Crippen molar-refractivity contribution in [3.05, 3.63) is 29.8 Å². The fourth-order valence-corrected chi connectivity index (χ4v) is 1.20. The molecule has 0 spiro atoms. The van der Waals surface area contributed by atoms with Crippen molar-refractivity contribution in [3.8, 4) is 5.75 Å². The summed E-state index contributed by atoms with van der Waals surface area (Å²) in [7, 11) is 1.52. The van der Waals surface area contributed by atoms with Crippen LogP contribution in [0.2, 0.25) is 0 Å². The lowest BCUT2D eigenvalue weighted by atomic mass is 10.2. The molecule has 0 fully saturated rings. The van der Waals surface area contributed by atoms with Crippen LogP contribution in [0.4, 0.5) is 13.2 Å². The second-order valence-corrected chi connectivity index (χ2v) is 3.32. The van der Waals surface area contributed by atoms with E-state index in [-0.39, 0.29) is 12.3 Å².